The van der Waals surface area contributed by atoms with Gasteiger partial charge < -0.3 is 0 Å². The lowest BCUT2D eigenvalue weighted by molar-refractivity contribution is 0.112. The van der Waals surface area contributed by atoms with Crippen molar-refractivity contribution in [2.75, 3.05) is 0 Å². The minimum atomic E-state index is -0.538. The van der Waals surface area contributed by atoms with E-state index in [4.69, 9.17) is 0 Å². The van der Waals surface area contributed by atoms with Crippen LogP contribution in [0.5, 0.6) is 0 Å². The molecule has 0 unspecified atom stereocenters. The van der Waals surface area contributed by atoms with Crippen molar-refractivity contribution in [3.8, 4) is 0 Å². The van der Waals surface area contributed by atoms with Gasteiger partial charge in [0.25, 0.3) is 5.56 Å². The molecule has 0 radical (unpaired) electrons. The number of aromatic nitrogens is 3. The van der Waals surface area contributed by atoms with Gasteiger partial charge in [-0.2, -0.15) is 0 Å². The van der Waals surface area contributed by atoms with Crippen molar-refractivity contribution in [3.63, 3.8) is 0 Å². The topological polar surface area (TPSA) is 84.8 Å². The number of aryl methyl sites for hydroxylation is 1. The molecule has 0 aromatic carbocycles. The standard InChI is InChI=1S/C9H7N3O3/c1-12-7-6(8(14)11-9(12)15)2-5(4-13)3-10-7/h2-4H,1H3,(H,11,14,15). The van der Waals surface area contributed by atoms with Gasteiger partial charge in [0.2, 0.25) is 0 Å². The highest BCUT2D eigenvalue weighted by Gasteiger charge is 2.06. The Hall–Kier alpha value is -2.24. The summed E-state index contributed by atoms with van der Waals surface area (Å²) in [5.41, 5.74) is -0.510. The van der Waals surface area contributed by atoms with Crippen molar-refractivity contribution in [2.24, 2.45) is 7.05 Å². The molecule has 0 aliphatic carbocycles. The predicted octanol–water partition coefficient (Wildman–Crippen LogP) is -0.566. The molecule has 6 heteroatoms. The summed E-state index contributed by atoms with van der Waals surface area (Å²) in [6.07, 6.45) is 1.91. The molecule has 76 valence electrons. The number of carbonyl (C=O) groups excluding carboxylic acids is 1. The zero-order valence-corrected chi connectivity index (χ0v) is 7.85. The number of nitrogens with zero attached hydrogens (tertiary/aromatic N) is 2. The third kappa shape index (κ3) is 1.35. The molecule has 0 saturated carbocycles. The quantitative estimate of drug-likeness (QED) is 0.632. The predicted molar refractivity (Wildman–Crippen MR) is 53.0 cm³/mol. The number of fused-ring (bicyclic) bond motifs is 1. The van der Waals surface area contributed by atoms with Crippen LogP contribution < -0.4 is 11.2 Å². The molecule has 6 nitrogen and oxygen atoms in total. The van der Waals surface area contributed by atoms with Gasteiger partial charge in [-0.3, -0.25) is 19.1 Å². The highest BCUT2D eigenvalue weighted by atomic mass is 16.2. The van der Waals surface area contributed by atoms with Gasteiger partial charge in [-0.25, -0.2) is 9.78 Å². The molecule has 0 atom stereocenters. The van der Waals surface area contributed by atoms with E-state index < -0.39 is 11.2 Å². The Balaban J connectivity index is 3.03. The third-order valence-electron chi connectivity index (χ3n) is 2.11. The molecule has 0 fully saturated rings. The summed E-state index contributed by atoms with van der Waals surface area (Å²) in [5.74, 6) is 0. The summed E-state index contributed by atoms with van der Waals surface area (Å²) in [4.78, 5) is 39.1. The second kappa shape index (κ2) is 3.16. The maximum atomic E-state index is 11.4. The first-order valence-electron chi connectivity index (χ1n) is 4.17. The van der Waals surface area contributed by atoms with Crippen LogP contribution in [0.4, 0.5) is 0 Å². The van der Waals surface area contributed by atoms with Crippen molar-refractivity contribution in [3.05, 3.63) is 38.7 Å². The number of carbonyl (C=O) groups is 1. The summed E-state index contributed by atoms with van der Waals surface area (Å²) >= 11 is 0. The van der Waals surface area contributed by atoms with Gasteiger partial charge in [-0.05, 0) is 6.07 Å². The van der Waals surface area contributed by atoms with E-state index >= 15 is 0 Å². The fraction of sp³-hybridized carbons (Fsp3) is 0.111. The molecule has 15 heavy (non-hydrogen) atoms. The molecule has 2 aromatic rings. The van der Waals surface area contributed by atoms with E-state index in [1.165, 1.54) is 23.9 Å². The first-order valence-corrected chi connectivity index (χ1v) is 4.17. The number of aromatic amines is 1. The Morgan fingerprint density at radius 3 is 2.87 bits per heavy atom. The number of hydrogen-bond acceptors (Lipinski definition) is 4. The Morgan fingerprint density at radius 2 is 2.20 bits per heavy atom. The van der Waals surface area contributed by atoms with Gasteiger partial charge in [0.05, 0.1) is 5.39 Å². The maximum Gasteiger partial charge on any atom is 0.329 e. The fourth-order valence-corrected chi connectivity index (χ4v) is 1.32. The number of rotatable bonds is 1. The summed E-state index contributed by atoms with van der Waals surface area (Å²) in [6, 6.07) is 1.40. The van der Waals surface area contributed by atoms with Crippen LogP contribution in [0, 0.1) is 0 Å². The summed E-state index contributed by atoms with van der Waals surface area (Å²) in [6.45, 7) is 0. The van der Waals surface area contributed by atoms with Crippen LogP contribution in [-0.4, -0.2) is 20.8 Å². The molecule has 0 aliphatic rings. The van der Waals surface area contributed by atoms with E-state index in [1.54, 1.807) is 0 Å². The van der Waals surface area contributed by atoms with E-state index in [1.807, 2.05) is 0 Å². The number of aldehydes is 1. The largest absolute Gasteiger partial charge is 0.329 e. The van der Waals surface area contributed by atoms with E-state index in [0.29, 0.717) is 11.8 Å². The van der Waals surface area contributed by atoms with E-state index in [9.17, 15) is 14.4 Å². The molecule has 0 saturated heterocycles. The first kappa shape index (κ1) is 9.32. The highest BCUT2D eigenvalue weighted by molar-refractivity contribution is 5.83. The number of hydrogen-bond donors (Lipinski definition) is 1. The third-order valence-corrected chi connectivity index (χ3v) is 2.11. The summed E-state index contributed by atoms with van der Waals surface area (Å²) in [5, 5.41) is 0.224. The minimum absolute atomic E-state index is 0.224. The molecule has 2 heterocycles. The second-order valence-electron chi connectivity index (χ2n) is 3.08. The van der Waals surface area contributed by atoms with Gasteiger partial charge in [-0.15, -0.1) is 0 Å². The molecule has 0 amide bonds. The SMILES string of the molecule is Cn1c(=O)[nH]c(=O)c2cc(C=O)cnc21. The molecule has 2 aromatic heterocycles. The molecular formula is C9H7N3O3. The van der Waals surface area contributed by atoms with E-state index in [2.05, 4.69) is 9.97 Å². The maximum absolute atomic E-state index is 11.4. The van der Waals surface area contributed by atoms with Gasteiger partial charge in [0, 0.05) is 18.8 Å². The number of H-pyrrole nitrogens is 1. The van der Waals surface area contributed by atoms with Crippen molar-refractivity contribution in [2.45, 2.75) is 0 Å². The lowest BCUT2D eigenvalue weighted by Crippen LogP contribution is -2.29. The van der Waals surface area contributed by atoms with Crippen LogP contribution in [0.1, 0.15) is 10.4 Å². The van der Waals surface area contributed by atoms with Crippen molar-refractivity contribution >= 4 is 17.3 Å². The van der Waals surface area contributed by atoms with Gasteiger partial charge >= 0.3 is 5.69 Å². The van der Waals surface area contributed by atoms with Crippen LogP contribution >= 0.6 is 0 Å². The van der Waals surface area contributed by atoms with Crippen molar-refractivity contribution in [1.82, 2.24) is 14.5 Å². The van der Waals surface area contributed by atoms with Crippen LogP contribution in [0.15, 0.2) is 21.9 Å². The fourth-order valence-electron chi connectivity index (χ4n) is 1.32. The van der Waals surface area contributed by atoms with Crippen molar-refractivity contribution in [1.29, 1.82) is 0 Å². The van der Waals surface area contributed by atoms with E-state index in [0.717, 1.165) is 0 Å². The van der Waals surface area contributed by atoms with Gasteiger partial charge in [-0.1, -0.05) is 0 Å². The molecule has 0 aliphatic heterocycles. The Labute approximate surface area is 83.2 Å². The second-order valence-corrected chi connectivity index (χ2v) is 3.08. The lowest BCUT2D eigenvalue weighted by atomic mass is 10.2. The lowest BCUT2D eigenvalue weighted by Gasteiger charge is -2.01. The zero-order valence-electron chi connectivity index (χ0n) is 7.85. The van der Waals surface area contributed by atoms with E-state index in [-0.39, 0.29) is 11.0 Å². The Bertz CT molecular complexity index is 654. The molecule has 0 spiro atoms. The average molecular weight is 205 g/mol. The smallest absolute Gasteiger partial charge is 0.298 e. The van der Waals surface area contributed by atoms with Gasteiger partial charge in [0.1, 0.15) is 5.65 Å². The molecular weight excluding hydrogens is 198 g/mol. The zero-order chi connectivity index (χ0) is 11.0. The molecule has 0 bridgehead atoms. The highest BCUT2D eigenvalue weighted by Crippen LogP contribution is 2.04. The Kier molecular flexibility index (Phi) is 1.96. The summed E-state index contributed by atoms with van der Waals surface area (Å²) in [7, 11) is 1.49. The van der Waals surface area contributed by atoms with Crippen molar-refractivity contribution < 1.29 is 4.79 Å². The van der Waals surface area contributed by atoms with Crippen LogP contribution in [0.3, 0.4) is 0 Å². The van der Waals surface area contributed by atoms with Crippen LogP contribution in [0.25, 0.3) is 11.0 Å². The van der Waals surface area contributed by atoms with Crippen LogP contribution in [-0.2, 0) is 7.05 Å². The number of nitrogens with one attached hydrogen (secondary N) is 1. The monoisotopic (exact) mass is 205 g/mol. The molecule has 1 N–H and O–H groups in total. The summed E-state index contributed by atoms with van der Waals surface area (Å²) < 4.78 is 1.21. The van der Waals surface area contributed by atoms with Gasteiger partial charge in [0.15, 0.2) is 6.29 Å². The average Bonchev–Trinajstić information content (AvgIpc) is 2.25. The Morgan fingerprint density at radius 1 is 1.47 bits per heavy atom. The normalized spacial score (nSPS) is 10.5. The first-order chi connectivity index (χ1) is 7.13. The molecule has 2 rings (SSSR count). The van der Waals surface area contributed by atoms with Crippen LogP contribution in [0.2, 0.25) is 0 Å². The number of pyridine rings is 1. The minimum Gasteiger partial charge on any atom is -0.298 e.